The van der Waals surface area contributed by atoms with Crippen molar-refractivity contribution in [2.75, 3.05) is 14.1 Å². The van der Waals surface area contributed by atoms with Gasteiger partial charge in [-0.2, -0.15) is 14.0 Å². The lowest BCUT2D eigenvalue weighted by molar-refractivity contribution is -1.92. The summed E-state index contributed by atoms with van der Waals surface area (Å²) in [5.74, 6) is 0. The first-order chi connectivity index (χ1) is 6.79. The first kappa shape index (κ1) is 14.3. The maximum absolute atomic E-state index is 8.60. The number of hydrogen-bond donors (Lipinski definition) is 1. The van der Waals surface area contributed by atoms with Gasteiger partial charge in [-0.25, -0.2) is 0 Å². The summed E-state index contributed by atoms with van der Waals surface area (Å²) in [4.78, 5) is 2.16. The van der Waals surface area contributed by atoms with Gasteiger partial charge in [0.05, 0.1) is 14.9 Å². The summed E-state index contributed by atoms with van der Waals surface area (Å²) in [5.41, 5.74) is 1.37. The highest BCUT2D eigenvalue weighted by Crippen LogP contribution is 1.99. The van der Waals surface area contributed by atoms with Gasteiger partial charge in [0.15, 0.2) is 0 Å². The van der Waals surface area contributed by atoms with Gasteiger partial charge in [-0.1, -0.05) is 30.3 Å². The van der Waals surface area contributed by atoms with Crippen molar-refractivity contribution in [2.45, 2.75) is 6.54 Å². The molecule has 0 aliphatic carbocycles. The quantitative estimate of drug-likeness (QED) is 0.618. The molecule has 1 aromatic rings. The molecular formula is C9H14ClNO4. The molecule has 0 bridgehead atoms. The number of nitrogens with zero attached hydrogens (tertiary/aromatic N) is 1. The molecule has 5 nitrogen and oxygen atoms in total. The van der Waals surface area contributed by atoms with Crippen LogP contribution in [0.3, 0.4) is 0 Å². The monoisotopic (exact) mass is 235 g/mol. The lowest BCUT2D eigenvalue weighted by Gasteiger charge is -2.08. The van der Waals surface area contributed by atoms with Crippen LogP contribution in [0.15, 0.2) is 30.3 Å². The van der Waals surface area contributed by atoms with Gasteiger partial charge in [-0.15, -0.1) is 0 Å². The molecule has 0 aliphatic rings. The molecule has 0 saturated heterocycles. The first-order valence-corrected chi connectivity index (χ1v) is 5.37. The van der Waals surface area contributed by atoms with Crippen molar-refractivity contribution >= 4 is 0 Å². The molecule has 0 amide bonds. The lowest BCUT2D eigenvalue weighted by atomic mass is 10.2. The highest BCUT2D eigenvalue weighted by molar-refractivity contribution is 5.14. The molecule has 0 radical (unpaired) electrons. The van der Waals surface area contributed by atoms with Crippen LogP contribution in [0, 0.1) is 10.2 Å². The number of hydrogen-bond acceptors (Lipinski definition) is 5. The summed E-state index contributed by atoms with van der Waals surface area (Å²) < 4.78 is 32.7. The molecule has 86 valence electrons. The van der Waals surface area contributed by atoms with Gasteiger partial charge in [0, 0.05) is 6.54 Å². The maximum Gasteiger partial charge on any atom is 0.0777 e. The van der Waals surface area contributed by atoms with E-state index in [4.69, 9.17) is 18.6 Å². The van der Waals surface area contributed by atoms with Crippen LogP contribution < -0.4 is 14.0 Å². The van der Waals surface area contributed by atoms with Gasteiger partial charge in [-0.05, 0) is 19.7 Å². The van der Waals surface area contributed by atoms with Crippen molar-refractivity contribution < 1.29 is 28.9 Å². The van der Waals surface area contributed by atoms with Gasteiger partial charge in [-0.3, -0.25) is 0 Å². The van der Waals surface area contributed by atoms with E-state index in [1.807, 2.05) is 6.07 Å². The van der Waals surface area contributed by atoms with Crippen molar-refractivity contribution in [1.82, 2.24) is 4.90 Å². The summed E-state index contributed by atoms with van der Waals surface area (Å²) in [6, 6.07) is 10.5. The third-order valence-electron chi connectivity index (χ3n) is 1.34. The molecule has 0 unspecified atom stereocenters. The minimum Gasteiger partial charge on any atom is -0.305 e. The van der Waals surface area contributed by atoms with Crippen molar-refractivity contribution in [3.63, 3.8) is 0 Å². The van der Waals surface area contributed by atoms with E-state index in [0.717, 1.165) is 6.54 Å². The highest BCUT2D eigenvalue weighted by atomic mass is 35.7. The Morgan fingerprint density at radius 1 is 1.13 bits per heavy atom. The Morgan fingerprint density at radius 2 is 1.53 bits per heavy atom. The van der Waals surface area contributed by atoms with Gasteiger partial charge in [0.2, 0.25) is 0 Å². The number of halogens is 1. The second kappa shape index (κ2) is 6.73. The van der Waals surface area contributed by atoms with E-state index in [0.29, 0.717) is 0 Å². The first-order valence-electron chi connectivity index (χ1n) is 4.11. The van der Waals surface area contributed by atoms with Crippen LogP contribution in [-0.4, -0.2) is 23.7 Å². The smallest absolute Gasteiger partial charge is 0.0777 e. The Kier molecular flexibility index (Phi) is 6.42. The van der Waals surface area contributed by atoms with E-state index >= 15 is 0 Å². The zero-order valence-corrected chi connectivity index (χ0v) is 9.35. The van der Waals surface area contributed by atoms with Gasteiger partial charge in [0.25, 0.3) is 0 Å². The van der Waals surface area contributed by atoms with E-state index < -0.39 is 10.2 Å². The molecule has 0 fully saturated rings. The predicted molar refractivity (Wildman–Crippen MR) is 46.1 cm³/mol. The van der Waals surface area contributed by atoms with Crippen LogP contribution in [-0.2, 0) is 6.54 Å². The molecule has 1 N–H and O–H groups in total. The van der Waals surface area contributed by atoms with Gasteiger partial charge < -0.3 is 4.90 Å². The molecule has 1 aromatic carbocycles. The fraction of sp³-hybridized carbons (Fsp3) is 0.333. The van der Waals surface area contributed by atoms with Crippen LogP contribution in [0.25, 0.3) is 0 Å². The third kappa shape index (κ3) is 13.3. The molecule has 0 spiro atoms. The van der Waals surface area contributed by atoms with Crippen LogP contribution in [0.2, 0.25) is 0 Å². The molecule has 6 heteroatoms. The van der Waals surface area contributed by atoms with E-state index in [1.54, 1.807) is 0 Å². The Bertz CT molecular complexity index is 255. The number of benzene rings is 1. The fourth-order valence-electron chi connectivity index (χ4n) is 0.949. The minimum absolute atomic E-state index is 1.03. The molecule has 0 aromatic heterocycles. The van der Waals surface area contributed by atoms with Crippen LogP contribution >= 0.6 is 0 Å². The Morgan fingerprint density at radius 3 is 1.87 bits per heavy atom. The van der Waals surface area contributed by atoms with Crippen molar-refractivity contribution in [3.05, 3.63) is 35.9 Å². The molecule has 0 atom stereocenters. The van der Waals surface area contributed by atoms with E-state index in [9.17, 15) is 0 Å². The normalized spacial score (nSPS) is 10.9. The summed E-state index contributed by atoms with van der Waals surface area (Å²) in [6.45, 7) is 1.03. The molecule has 0 saturated carbocycles. The van der Waals surface area contributed by atoms with E-state index in [1.165, 1.54) is 5.56 Å². The second-order valence-electron chi connectivity index (χ2n) is 3.12. The Labute approximate surface area is 90.9 Å². The number of rotatable bonds is 2. The average Bonchev–Trinajstić information content (AvgIpc) is 2.01. The summed E-state index contributed by atoms with van der Waals surface area (Å²) >= 11 is 0. The SMILES string of the molecule is CN(C)Cc1ccccc1.[O-][Cl+3]([O-])([O-])O. The van der Waals surface area contributed by atoms with E-state index in [-0.39, 0.29) is 0 Å². The van der Waals surface area contributed by atoms with Crippen LogP contribution in [0.5, 0.6) is 0 Å². The fourth-order valence-corrected chi connectivity index (χ4v) is 0.949. The van der Waals surface area contributed by atoms with Crippen molar-refractivity contribution in [2.24, 2.45) is 0 Å². The maximum atomic E-state index is 8.60. The topological polar surface area (TPSA) is 92.7 Å². The van der Waals surface area contributed by atoms with Crippen molar-refractivity contribution in [1.29, 1.82) is 0 Å². The second-order valence-corrected chi connectivity index (χ2v) is 3.91. The average molecular weight is 236 g/mol. The Hall–Kier alpha value is -0.690. The molecular weight excluding hydrogens is 222 g/mol. The largest absolute Gasteiger partial charge is 0.305 e. The summed E-state index contributed by atoms with van der Waals surface area (Å²) in [6.07, 6.45) is 0. The highest BCUT2D eigenvalue weighted by Gasteiger charge is 1.98. The standard InChI is InChI=1S/C9H13N.ClHO4/c1-10(2)8-9-6-4-3-5-7-9;2-1(3,4)5/h3-7H,8H2,1-2H3;(H,2,3,4,5). The van der Waals surface area contributed by atoms with Crippen LogP contribution in [0.4, 0.5) is 0 Å². The molecule has 0 aliphatic heterocycles. The third-order valence-corrected chi connectivity index (χ3v) is 1.34. The predicted octanol–water partition coefficient (Wildman–Crippen LogP) is -2.38. The summed E-state index contributed by atoms with van der Waals surface area (Å²) in [5, 5.41) is 0. The zero-order chi connectivity index (χ0) is 11.9. The summed E-state index contributed by atoms with van der Waals surface area (Å²) in [7, 11) is -0.542. The van der Waals surface area contributed by atoms with Gasteiger partial charge >= 0.3 is 0 Å². The van der Waals surface area contributed by atoms with E-state index in [2.05, 4.69) is 43.3 Å². The van der Waals surface area contributed by atoms with Crippen molar-refractivity contribution in [3.8, 4) is 0 Å². The van der Waals surface area contributed by atoms with Gasteiger partial charge in [0.1, 0.15) is 0 Å². The molecule has 15 heavy (non-hydrogen) atoms. The molecule has 1 rings (SSSR count). The Balaban J connectivity index is 0.000000336. The molecule has 0 heterocycles. The lowest BCUT2D eigenvalue weighted by Crippen LogP contribution is -2.58. The van der Waals surface area contributed by atoms with Crippen LogP contribution in [0.1, 0.15) is 5.56 Å². The zero-order valence-electron chi connectivity index (χ0n) is 8.59. The minimum atomic E-state index is -4.69.